The fraction of sp³-hybridized carbons (Fsp3) is 0.0909. The fourth-order valence-electron chi connectivity index (χ4n) is 3.45. The topological polar surface area (TPSA) is 168 Å². The minimum atomic E-state index is -4.95. The van der Waals surface area contributed by atoms with E-state index in [2.05, 4.69) is 9.47 Å². The molecule has 224 valence electrons. The number of alkyl halides is 1. The molecule has 20 heteroatoms. The van der Waals surface area contributed by atoms with E-state index in [9.17, 15) is 54.3 Å². The Labute approximate surface area is 221 Å². The zero-order valence-electron chi connectivity index (χ0n) is 19.2. The van der Waals surface area contributed by atoms with Crippen molar-refractivity contribution in [2.75, 3.05) is 0 Å². The van der Waals surface area contributed by atoms with E-state index in [4.69, 9.17) is 20.4 Å². The minimum absolute atomic E-state index is 0.704. The largest absolute Gasteiger partial charge is 0.478 e. The number of allylic oxidation sites excluding steroid dienone is 2. The van der Waals surface area contributed by atoms with Gasteiger partial charge in [-0.2, -0.15) is 13.2 Å². The molecule has 42 heavy (non-hydrogen) atoms. The summed E-state index contributed by atoms with van der Waals surface area (Å²) in [5.41, 5.74) is -9.13. The van der Waals surface area contributed by atoms with Crippen LogP contribution >= 0.6 is 0 Å². The summed E-state index contributed by atoms with van der Waals surface area (Å²) < 4.78 is 155. The first-order valence-electron chi connectivity index (χ1n) is 10.1. The lowest BCUT2D eigenvalue weighted by Crippen LogP contribution is -2.48. The summed E-state index contributed by atoms with van der Waals surface area (Å²) in [6, 6.07) is 0. The Bertz CT molecular complexity index is 1570. The molecule has 0 bridgehead atoms. The van der Waals surface area contributed by atoms with Gasteiger partial charge in [-0.05, 0) is 6.08 Å². The summed E-state index contributed by atoms with van der Waals surface area (Å²) in [5, 5.41) is 36.0. The maximum absolute atomic E-state index is 15.1. The Hall–Kier alpha value is -5.30. The molecule has 0 saturated heterocycles. The molecule has 2 aromatic rings. The van der Waals surface area contributed by atoms with E-state index < -0.39 is 128 Å². The van der Waals surface area contributed by atoms with Crippen LogP contribution in [0.5, 0.6) is 11.5 Å². The van der Waals surface area contributed by atoms with Crippen LogP contribution in [0, 0.1) is 34.9 Å². The van der Waals surface area contributed by atoms with Crippen molar-refractivity contribution in [3.05, 3.63) is 80.7 Å². The van der Waals surface area contributed by atoms with E-state index in [1.54, 1.807) is 0 Å². The highest BCUT2D eigenvalue weighted by atomic mass is 19.2. The SMILES string of the molecule is O=C(O)c1c(F)c(F)c(OC2(Oc3c(F)c(F)c(C(=O)O)c(C(=O)O)c3F)C(F)=CC(F)C(F)=C2F)c(F)c1C(=O)O. The maximum Gasteiger partial charge on any atom is 0.362 e. The number of aromatic carboxylic acids is 4. The third-order valence-corrected chi connectivity index (χ3v) is 5.26. The molecule has 0 heterocycles. The molecule has 10 nitrogen and oxygen atoms in total. The van der Waals surface area contributed by atoms with Crippen molar-refractivity contribution in [1.29, 1.82) is 0 Å². The molecule has 2 aromatic carbocycles. The normalized spacial score (nSPS) is 16.1. The molecule has 0 aromatic heterocycles. The summed E-state index contributed by atoms with van der Waals surface area (Å²) >= 11 is 0. The molecule has 1 unspecified atom stereocenters. The quantitative estimate of drug-likeness (QED) is 0.182. The molecule has 0 fully saturated rings. The first kappa shape index (κ1) is 31.2. The second kappa shape index (κ2) is 10.6. The lowest BCUT2D eigenvalue weighted by Gasteiger charge is -2.34. The monoisotopic (exact) mass is 620 g/mol. The van der Waals surface area contributed by atoms with Gasteiger partial charge in [-0.25, -0.2) is 49.9 Å². The number of rotatable bonds is 8. The van der Waals surface area contributed by atoms with Gasteiger partial charge in [-0.3, -0.25) is 0 Å². The standard InChI is InChI=1S/C22H6F10O10/c23-2-1-3(24)22(17(32)8(2)25,41-15-11(28)6(20(37)38)4(18(33)34)9(26)13(15)30)42-16-12(29)7(21(39)40)5(19(35)36)10(27)14(16)31/h1-2H,(H,33,34)(H,35,36)(H,37,38)(H,39,40). The number of carbonyl (C=O) groups is 4. The predicted molar refractivity (Wildman–Crippen MR) is 108 cm³/mol. The van der Waals surface area contributed by atoms with E-state index in [1.807, 2.05) is 0 Å². The van der Waals surface area contributed by atoms with Crippen LogP contribution in [-0.2, 0) is 0 Å². The van der Waals surface area contributed by atoms with Crippen molar-refractivity contribution in [3.63, 3.8) is 0 Å². The number of hydrogen-bond donors (Lipinski definition) is 4. The molecule has 3 rings (SSSR count). The van der Waals surface area contributed by atoms with Gasteiger partial charge in [-0.1, -0.05) is 0 Å². The zero-order valence-corrected chi connectivity index (χ0v) is 19.2. The van der Waals surface area contributed by atoms with Crippen LogP contribution in [0.4, 0.5) is 43.9 Å². The van der Waals surface area contributed by atoms with Crippen LogP contribution in [0.25, 0.3) is 0 Å². The van der Waals surface area contributed by atoms with Crippen LogP contribution in [0.2, 0.25) is 0 Å². The van der Waals surface area contributed by atoms with E-state index >= 15 is 8.78 Å². The van der Waals surface area contributed by atoms with Gasteiger partial charge in [-0.15, -0.1) is 0 Å². The van der Waals surface area contributed by atoms with E-state index in [0.29, 0.717) is 0 Å². The van der Waals surface area contributed by atoms with Crippen molar-refractivity contribution < 1.29 is 93.0 Å². The van der Waals surface area contributed by atoms with Gasteiger partial charge in [0, 0.05) is 0 Å². The number of hydrogen-bond acceptors (Lipinski definition) is 6. The molecule has 0 amide bonds. The van der Waals surface area contributed by atoms with Crippen molar-refractivity contribution in [2.45, 2.75) is 12.0 Å². The van der Waals surface area contributed by atoms with Crippen LogP contribution in [-0.4, -0.2) is 56.3 Å². The van der Waals surface area contributed by atoms with E-state index in [-0.39, 0.29) is 0 Å². The van der Waals surface area contributed by atoms with Crippen LogP contribution in [0.1, 0.15) is 41.4 Å². The predicted octanol–water partition coefficient (Wildman–Crippen LogP) is 4.82. The Balaban J connectivity index is 2.47. The molecular weight excluding hydrogens is 614 g/mol. The lowest BCUT2D eigenvalue weighted by molar-refractivity contribution is -0.0949. The van der Waals surface area contributed by atoms with Gasteiger partial charge in [0.05, 0.1) is 0 Å². The first-order chi connectivity index (χ1) is 19.3. The zero-order chi connectivity index (χ0) is 32.2. The van der Waals surface area contributed by atoms with E-state index in [0.717, 1.165) is 0 Å². The molecule has 0 aliphatic heterocycles. The van der Waals surface area contributed by atoms with Crippen LogP contribution in [0.3, 0.4) is 0 Å². The first-order valence-corrected chi connectivity index (χ1v) is 10.1. The minimum Gasteiger partial charge on any atom is -0.478 e. The summed E-state index contributed by atoms with van der Waals surface area (Å²) in [4.78, 5) is 45.1. The van der Waals surface area contributed by atoms with E-state index in [1.165, 1.54) is 0 Å². The maximum atomic E-state index is 15.1. The van der Waals surface area contributed by atoms with Crippen molar-refractivity contribution in [3.8, 4) is 11.5 Å². The van der Waals surface area contributed by atoms with Gasteiger partial charge in [0.15, 0.2) is 41.1 Å². The molecule has 0 saturated carbocycles. The van der Waals surface area contributed by atoms with Gasteiger partial charge in [0.25, 0.3) is 0 Å². The average Bonchev–Trinajstić information content (AvgIpc) is 2.88. The highest BCUT2D eigenvalue weighted by Gasteiger charge is 2.55. The number of benzene rings is 2. The number of carboxylic acid groups (broad SMARTS) is 4. The van der Waals surface area contributed by atoms with Crippen LogP contribution in [0.15, 0.2) is 23.6 Å². The summed E-state index contributed by atoms with van der Waals surface area (Å²) in [7, 11) is 0. The molecule has 4 N–H and O–H groups in total. The molecular formula is C22H6F10O10. The van der Waals surface area contributed by atoms with Crippen molar-refractivity contribution in [1.82, 2.24) is 0 Å². The van der Waals surface area contributed by atoms with Gasteiger partial charge in [0.1, 0.15) is 22.3 Å². The third kappa shape index (κ3) is 4.59. The average molecular weight is 620 g/mol. The molecule has 0 spiro atoms. The second-order valence-corrected chi connectivity index (χ2v) is 7.66. The molecule has 1 aliphatic rings. The lowest BCUT2D eigenvalue weighted by atomic mass is 10.0. The fourth-order valence-corrected chi connectivity index (χ4v) is 3.45. The highest BCUT2D eigenvalue weighted by molar-refractivity contribution is 6.03. The molecule has 1 aliphatic carbocycles. The summed E-state index contributed by atoms with van der Waals surface area (Å²) in [5.74, 6) is -47.2. The highest BCUT2D eigenvalue weighted by Crippen LogP contribution is 2.46. The Kier molecular flexibility index (Phi) is 7.88. The number of carboxylic acids is 4. The van der Waals surface area contributed by atoms with Gasteiger partial charge < -0.3 is 29.9 Å². The molecule has 0 radical (unpaired) electrons. The summed E-state index contributed by atoms with van der Waals surface area (Å²) in [6.45, 7) is 0. The Morgan fingerprint density at radius 1 is 0.571 bits per heavy atom. The van der Waals surface area contributed by atoms with Crippen molar-refractivity contribution in [2.24, 2.45) is 0 Å². The summed E-state index contributed by atoms with van der Waals surface area (Å²) in [6.07, 6.45) is -4.15. The smallest absolute Gasteiger partial charge is 0.362 e. The Morgan fingerprint density at radius 2 is 0.881 bits per heavy atom. The van der Waals surface area contributed by atoms with Gasteiger partial charge in [0.2, 0.25) is 29.0 Å². The van der Waals surface area contributed by atoms with Crippen LogP contribution < -0.4 is 9.47 Å². The Morgan fingerprint density at radius 3 is 1.19 bits per heavy atom. The second-order valence-electron chi connectivity index (χ2n) is 7.66. The number of halogens is 10. The third-order valence-electron chi connectivity index (χ3n) is 5.26. The number of ether oxygens (including phenoxy) is 2. The van der Waals surface area contributed by atoms with Crippen molar-refractivity contribution >= 4 is 23.9 Å². The molecule has 1 atom stereocenters. The van der Waals surface area contributed by atoms with Gasteiger partial charge >= 0.3 is 29.7 Å².